The average molecular weight is 547 g/mol. The number of carbonyl (C=O) groups is 1. The molecule has 1 saturated heterocycles. The van der Waals surface area contributed by atoms with Gasteiger partial charge in [0.05, 0.1) is 17.7 Å². The molecule has 3 aromatic rings. The molecule has 2 atom stereocenters. The van der Waals surface area contributed by atoms with Gasteiger partial charge < -0.3 is 9.47 Å². The summed E-state index contributed by atoms with van der Waals surface area (Å²) in [7, 11) is 1.62. The topological polar surface area (TPSA) is 51.1 Å². The Morgan fingerprint density at radius 3 is 2.53 bits per heavy atom. The molecule has 5 nitrogen and oxygen atoms in total. The van der Waals surface area contributed by atoms with Crippen molar-refractivity contribution in [2.45, 2.75) is 45.3 Å². The van der Waals surface area contributed by atoms with Gasteiger partial charge in [-0.25, -0.2) is 4.99 Å². The molecule has 0 aromatic heterocycles. The smallest absolute Gasteiger partial charge is 0.267 e. The van der Waals surface area contributed by atoms with Crippen LogP contribution in [0.4, 0.5) is 5.69 Å². The van der Waals surface area contributed by atoms with Crippen molar-refractivity contribution in [1.29, 1.82) is 0 Å². The first kappa shape index (κ1) is 26.4. The van der Waals surface area contributed by atoms with Crippen LogP contribution in [0.2, 0.25) is 5.02 Å². The van der Waals surface area contributed by atoms with Crippen LogP contribution < -0.4 is 9.47 Å². The lowest BCUT2D eigenvalue weighted by atomic mass is 9.85. The van der Waals surface area contributed by atoms with Gasteiger partial charge in [0, 0.05) is 11.1 Å². The van der Waals surface area contributed by atoms with Crippen molar-refractivity contribution >= 4 is 46.2 Å². The predicted molar refractivity (Wildman–Crippen MR) is 156 cm³/mol. The van der Waals surface area contributed by atoms with Gasteiger partial charge in [0.1, 0.15) is 6.61 Å². The number of carbonyl (C=O) groups excluding carboxylic acids is 1. The molecule has 1 aliphatic carbocycles. The highest BCUT2D eigenvalue weighted by molar-refractivity contribution is 8.18. The van der Waals surface area contributed by atoms with Gasteiger partial charge in [-0.05, 0) is 84.1 Å². The summed E-state index contributed by atoms with van der Waals surface area (Å²) in [5.41, 5.74) is 2.73. The summed E-state index contributed by atoms with van der Waals surface area (Å²) in [6.45, 7) is 2.65. The maximum atomic E-state index is 13.8. The molecule has 0 radical (unpaired) electrons. The Morgan fingerprint density at radius 2 is 1.79 bits per heavy atom. The van der Waals surface area contributed by atoms with Crippen molar-refractivity contribution in [2.24, 2.45) is 10.9 Å². The molecular formula is C31H31ClN2O3S. The van der Waals surface area contributed by atoms with Crippen molar-refractivity contribution in [1.82, 2.24) is 4.90 Å². The van der Waals surface area contributed by atoms with Gasteiger partial charge in [-0.2, -0.15) is 0 Å². The van der Waals surface area contributed by atoms with Crippen molar-refractivity contribution in [3.05, 3.63) is 93.9 Å². The number of hydrogen-bond acceptors (Lipinski definition) is 5. The summed E-state index contributed by atoms with van der Waals surface area (Å²) in [4.78, 5) is 21.2. The SMILES string of the molecule is COc1cc(/C=C2\SC(=Nc3ccccc3)N([C@H]3CCCC[C@H]3C)C2=O)ccc1OCc1ccc(Cl)cc1. The maximum Gasteiger partial charge on any atom is 0.267 e. The fourth-order valence-electron chi connectivity index (χ4n) is 4.94. The molecule has 5 rings (SSSR count). The van der Waals surface area contributed by atoms with Crippen LogP contribution >= 0.6 is 23.4 Å². The second-order valence-electron chi connectivity index (χ2n) is 9.67. The number of benzene rings is 3. The Hall–Kier alpha value is -3.22. The Kier molecular flexibility index (Phi) is 8.40. The molecule has 38 heavy (non-hydrogen) atoms. The second kappa shape index (κ2) is 12.1. The molecule has 1 aliphatic heterocycles. The summed E-state index contributed by atoms with van der Waals surface area (Å²) in [5, 5.41) is 1.44. The van der Waals surface area contributed by atoms with Gasteiger partial charge in [-0.3, -0.25) is 9.69 Å². The monoisotopic (exact) mass is 546 g/mol. The zero-order chi connectivity index (χ0) is 26.5. The predicted octanol–water partition coefficient (Wildman–Crippen LogP) is 8.11. The summed E-state index contributed by atoms with van der Waals surface area (Å²) < 4.78 is 11.6. The van der Waals surface area contributed by atoms with Crippen LogP contribution in [0.1, 0.15) is 43.7 Å². The number of halogens is 1. The third-order valence-electron chi connectivity index (χ3n) is 7.01. The number of rotatable bonds is 7. The Balaban J connectivity index is 1.40. The number of amides is 1. The van der Waals surface area contributed by atoms with Gasteiger partial charge in [-0.1, -0.05) is 67.8 Å². The van der Waals surface area contributed by atoms with Crippen LogP contribution in [0.3, 0.4) is 0 Å². The van der Waals surface area contributed by atoms with E-state index < -0.39 is 0 Å². The number of nitrogens with zero attached hydrogens (tertiary/aromatic N) is 2. The lowest BCUT2D eigenvalue weighted by Gasteiger charge is -2.35. The molecule has 7 heteroatoms. The van der Waals surface area contributed by atoms with E-state index in [0.29, 0.717) is 34.0 Å². The Labute approximate surface area is 233 Å². The Morgan fingerprint density at radius 1 is 1.03 bits per heavy atom. The number of hydrogen-bond donors (Lipinski definition) is 0. The molecule has 0 N–H and O–H groups in total. The summed E-state index contributed by atoms with van der Waals surface area (Å²) in [5.74, 6) is 1.70. The maximum absolute atomic E-state index is 13.8. The number of ether oxygens (including phenoxy) is 2. The minimum absolute atomic E-state index is 0.0189. The number of amidine groups is 1. The third-order valence-corrected chi connectivity index (χ3v) is 8.24. The minimum Gasteiger partial charge on any atom is -0.493 e. The molecule has 0 spiro atoms. The van der Waals surface area contributed by atoms with E-state index in [4.69, 9.17) is 26.1 Å². The molecule has 1 saturated carbocycles. The van der Waals surface area contributed by atoms with Gasteiger partial charge in [0.2, 0.25) is 0 Å². The number of aliphatic imine (C=N–C) groups is 1. The normalized spacial score (nSPS) is 21.8. The standard InChI is InChI=1S/C31H31ClN2O3S/c1-21-8-6-7-11-26(21)34-30(35)29(38-31(34)33-25-9-4-3-5-10-25)19-23-14-17-27(28(18-23)36-2)37-20-22-12-15-24(32)16-13-22/h3-5,9-10,12-19,21,26H,6-8,11,20H2,1-2H3/b29-19-,33-31?/t21-,26+/m1/s1. The highest BCUT2D eigenvalue weighted by Gasteiger charge is 2.41. The van der Waals surface area contributed by atoms with Crippen molar-refractivity contribution in [3.8, 4) is 11.5 Å². The van der Waals surface area contributed by atoms with Crippen molar-refractivity contribution in [2.75, 3.05) is 7.11 Å². The quantitative estimate of drug-likeness (QED) is 0.281. The summed E-state index contributed by atoms with van der Waals surface area (Å²) in [6, 6.07) is 23.3. The van der Waals surface area contributed by atoms with Gasteiger partial charge in [0.25, 0.3) is 5.91 Å². The molecule has 3 aromatic carbocycles. The molecule has 196 valence electrons. The highest BCUT2D eigenvalue weighted by Crippen LogP contribution is 2.40. The third kappa shape index (κ3) is 6.08. The van der Waals surface area contributed by atoms with Crippen LogP contribution in [-0.4, -0.2) is 29.1 Å². The largest absolute Gasteiger partial charge is 0.493 e. The Bertz CT molecular complexity index is 1340. The summed E-state index contributed by atoms with van der Waals surface area (Å²) in [6.07, 6.45) is 6.41. The van der Waals surface area contributed by atoms with Gasteiger partial charge >= 0.3 is 0 Å². The zero-order valence-corrected chi connectivity index (χ0v) is 23.2. The molecule has 2 fully saturated rings. The molecular weight excluding hydrogens is 516 g/mol. The van der Waals surface area contributed by atoms with Crippen molar-refractivity contribution in [3.63, 3.8) is 0 Å². The van der Waals surface area contributed by atoms with Crippen LogP contribution in [0.25, 0.3) is 6.08 Å². The van der Waals surface area contributed by atoms with Crippen molar-refractivity contribution < 1.29 is 14.3 Å². The van der Waals surface area contributed by atoms with Crippen LogP contribution in [0, 0.1) is 5.92 Å². The van der Waals surface area contributed by atoms with Gasteiger partial charge in [0.15, 0.2) is 16.7 Å². The fourth-order valence-corrected chi connectivity index (χ4v) is 6.11. The first-order chi connectivity index (χ1) is 18.5. The van der Waals surface area contributed by atoms with E-state index in [0.717, 1.165) is 41.2 Å². The van der Waals surface area contributed by atoms with Crippen LogP contribution in [0.5, 0.6) is 11.5 Å². The summed E-state index contributed by atoms with van der Waals surface area (Å²) >= 11 is 7.42. The van der Waals surface area contributed by atoms with Crippen LogP contribution in [-0.2, 0) is 11.4 Å². The van der Waals surface area contributed by atoms with E-state index in [1.807, 2.05) is 83.8 Å². The second-order valence-corrected chi connectivity index (χ2v) is 11.1. The lowest BCUT2D eigenvalue weighted by molar-refractivity contribution is -0.124. The number of para-hydroxylation sites is 1. The van der Waals surface area contributed by atoms with E-state index in [2.05, 4.69) is 6.92 Å². The lowest BCUT2D eigenvalue weighted by Crippen LogP contribution is -2.44. The first-order valence-electron chi connectivity index (χ1n) is 12.9. The first-order valence-corrected chi connectivity index (χ1v) is 14.1. The van der Waals surface area contributed by atoms with Gasteiger partial charge in [-0.15, -0.1) is 0 Å². The molecule has 1 heterocycles. The number of thioether (sulfide) groups is 1. The van der Waals surface area contributed by atoms with E-state index in [1.54, 1.807) is 7.11 Å². The molecule has 0 unspecified atom stereocenters. The van der Waals surface area contributed by atoms with Crippen LogP contribution in [0.15, 0.2) is 82.7 Å². The van der Waals surface area contributed by atoms with E-state index in [-0.39, 0.29) is 11.9 Å². The average Bonchev–Trinajstić information content (AvgIpc) is 3.23. The minimum atomic E-state index is 0.0189. The molecule has 2 aliphatic rings. The van der Waals surface area contributed by atoms with E-state index in [9.17, 15) is 4.79 Å². The van der Waals surface area contributed by atoms with E-state index in [1.165, 1.54) is 18.2 Å². The fraction of sp³-hybridized carbons (Fsp3) is 0.290. The highest BCUT2D eigenvalue weighted by atomic mass is 35.5. The molecule has 0 bridgehead atoms. The number of methoxy groups -OCH3 is 1. The van der Waals surface area contributed by atoms with E-state index >= 15 is 0 Å². The zero-order valence-electron chi connectivity index (χ0n) is 21.6. The molecule has 1 amide bonds.